The maximum Gasteiger partial charge on any atom is 0.0552 e. The van der Waals surface area contributed by atoms with Gasteiger partial charge in [-0.3, -0.25) is 0 Å². The van der Waals surface area contributed by atoms with Crippen molar-refractivity contribution in [3.05, 3.63) is 68.1 Å². The van der Waals surface area contributed by atoms with E-state index >= 15 is 0 Å². The molecular weight excluding hydrogens is 334 g/mol. The van der Waals surface area contributed by atoms with E-state index < -0.39 is 0 Å². The Morgan fingerprint density at radius 1 is 0.950 bits per heavy atom. The van der Waals surface area contributed by atoms with Crippen molar-refractivity contribution in [2.45, 2.75) is 31.7 Å². The molecule has 104 valence electrons. The van der Waals surface area contributed by atoms with Gasteiger partial charge >= 0.3 is 0 Å². The molecule has 1 aliphatic carbocycles. The summed E-state index contributed by atoms with van der Waals surface area (Å²) in [5, 5.41) is 0.705. The summed E-state index contributed by atoms with van der Waals surface area (Å²) in [6, 6.07) is 12.5. The fourth-order valence-electron chi connectivity index (χ4n) is 2.85. The Balaban J connectivity index is 1.93. The molecule has 1 unspecified atom stereocenters. The van der Waals surface area contributed by atoms with Crippen LogP contribution in [0.15, 0.2) is 40.9 Å². The number of benzene rings is 2. The zero-order valence-electron chi connectivity index (χ0n) is 11.2. The zero-order chi connectivity index (χ0) is 14.1. The first kappa shape index (κ1) is 14.1. The maximum absolute atomic E-state index is 6.39. The molecule has 1 aliphatic rings. The van der Waals surface area contributed by atoms with Crippen molar-refractivity contribution < 1.29 is 0 Å². The Morgan fingerprint density at radius 2 is 1.60 bits per heavy atom. The Labute approximate surface area is 133 Å². The molecule has 0 fully saturated rings. The van der Waals surface area contributed by atoms with E-state index in [4.69, 9.17) is 17.3 Å². The Bertz CT molecular complexity index is 639. The van der Waals surface area contributed by atoms with Crippen molar-refractivity contribution in [1.82, 2.24) is 0 Å². The molecule has 2 aromatic rings. The van der Waals surface area contributed by atoms with Gasteiger partial charge in [-0.25, -0.2) is 0 Å². The number of hydrogen-bond acceptors (Lipinski definition) is 1. The summed E-state index contributed by atoms with van der Waals surface area (Å²) in [7, 11) is 0. The van der Waals surface area contributed by atoms with Crippen LogP contribution in [0.2, 0.25) is 5.02 Å². The molecule has 0 amide bonds. The molecule has 1 nitrogen and oxygen atoms in total. The lowest BCUT2D eigenvalue weighted by Gasteiger charge is -2.19. The molecule has 0 heterocycles. The monoisotopic (exact) mass is 349 g/mol. The zero-order valence-corrected chi connectivity index (χ0v) is 13.5. The van der Waals surface area contributed by atoms with Crippen LogP contribution in [0.3, 0.4) is 0 Å². The van der Waals surface area contributed by atoms with Crippen LogP contribution in [-0.4, -0.2) is 0 Å². The highest BCUT2D eigenvalue weighted by Crippen LogP contribution is 2.30. The van der Waals surface area contributed by atoms with Crippen molar-refractivity contribution in [1.29, 1.82) is 0 Å². The number of nitrogens with two attached hydrogens (primary N) is 1. The summed E-state index contributed by atoms with van der Waals surface area (Å²) < 4.78 is 0.903. The van der Waals surface area contributed by atoms with Crippen LogP contribution in [0, 0.1) is 0 Å². The van der Waals surface area contributed by atoms with Gasteiger partial charge in [0.1, 0.15) is 0 Å². The predicted octanol–water partition coefficient (Wildman–Crippen LogP) is 5.03. The molecule has 0 spiro atoms. The van der Waals surface area contributed by atoms with E-state index in [2.05, 4.69) is 34.1 Å². The lowest BCUT2D eigenvalue weighted by Crippen LogP contribution is -2.13. The van der Waals surface area contributed by atoms with Gasteiger partial charge in [-0.2, -0.15) is 0 Å². The molecule has 2 aromatic carbocycles. The molecule has 0 bridgehead atoms. The third-order valence-electron chi connectivity index (χ3n) is 4.03. The minimum Gasteiger partial charge on any atom is -0.320 e. The second-order valence-electron chi connectivity index (χ2n) is 5.39. The Hall–Kier alpha value is -0.830. The van der Waals surface area contributed by atoms with Gasteiger partial charge in [0.2, 0.25) is 0 Å². The van der Waals surface area contributed by atoms with E-state index in [1.807, 2.05) is 18.2 Å². The number of halogens is 2. The second kappa shape index (κ2) is 5.88. The van der Waals surface area contributed by atoms with Gasteiger partial charge in [-0.15, -0.1) is 0 Å². The summed E-state index contributed by atoms with van der Waals surface area (Å²) in [6.07, 6.45) is 4.97. The smallest absolute Gasteiger partial charge is 0.0552 e. The molecular formula is C17H17BrClN. The largest absolute Gasteiger partial charge is 0.320 e. The van der Waals surface area contributed by atoms with Crippen molar-refractivity contribution >= 4 is 27.5 Å². The minimum absolute atomic E-state index is 0.118. The average molecular weight is 351 g/mol. The fourth-order valence-corrected chi connectivity index (χ4v) is 3.28. The highest BCUT2D eigenvalue weighted by Gasteiger charge is 2.14. The van der Waals surface area contributed by atoms with Crippen LogP contribution < -0.4 is 5.73 Å². The van der Waals surface area contributed by atoms with E-state index in [1.54, 1.807) is 0 Å². The van der Waals surface area contributed by atoms with Gasteiger partial charge in [0, 0.05) is 4.47 Å². The summed E-state index contributed by atoms with van der Waals surface area (Å²) in [5.41, 5.74) is 11.6. The summed E-state index contributed by atoms with van der Waals surface area (Å²) in [6.45, 7) is 0. The Morgan fingerprint density at radius 3 is 2.35 bits per heavy atom. The molecule has 0 saturated heterocycles. The summed E-state index contributed by atoms with van der Waals surface area (Å²) in [4.78, 5) is 0. The predicted molar refractivity (Wildman–Crippen MR) is 88.3 cm³/mol. The van der Waals surface area contributed by atoms with Crippen LogP contribution in [0.5, 0.6) is 0 Å². The van der Waals surface area contributed by atoms with Crippen LogP contribution >= 0.6 is 27.5 Å². The standard InChI is InChI=1S/C17H17BrClN/c18-15-8-7-14(10-16(15)19)17(20)13-6-5-11-3-1-2-4-12(11)9-13/h5-10,17H,1-4,20H2. The molecule has 20 heavy (non-hydrogen) atoms. The minimum atomic E-state index is -0.118. The second-order valence-corrected chi connectivity index (χ2v) is 6.65. The van der Waals surface area contributed by atoms with Crippen molar-refractivity contribution in [2.75, 3.05) is 0 Å². The van der Waals surface area contributed by atoms with E-state index in [1.165, 1.54) is 42.4 Å². The van der Waals surface area contributed by atoms with E-state index in [0.717, 1.165) is 10.0 Å². The van der Waals surface area contributed by atoms with Gasteiger partial charge in [0.25, 0.3) is 0 Å². The topological polar surface area (TPSA) is 26.0 Å². The first-order chi connectivity index (χ1) is 9.65. The van der Waals surface area contributed by atoms with Crippen LogP contribution in [0.1, 0.15) is 41.1 Å². The van der Waals surface area contributed by atoms with E-state index in [-0.39, 0.29) is 6.04 Å². The highest BCUT2D eigenvalue weighted by molar-refractivity contribution is 9.10. The van der Waals surface area contributed by atoms with Gasteiger partial charge in [-0.05, 0) is 76.0 Å². The highest BCUT2D eigenvalue weighted by atomic mass is 79.9. The molecule has 0 radical (unpaired) electrons. The number of rotatable bonds is 2. The first-order valence-corrected chi connectivity index (χ1v) is 8.14. The molecule has 2 N–H and O–H groups in total. The molecule has 1 atom stereocenters. The third-order valence-corrected chi connectivity index (χ3v) is 5.27. The average Bonchev–Trinajstić information content (AvgIpc) is 2.49. The van der Waals surface area contributed by atoms with Crippen molar-refractivity contribution in [3.8, 4) is 0 Å². The van der Waals surface area contributed by atoms with E-state index in [9.17, 15) is 0 Å². The number of aryl methyl sites for hydroxylation is 2. The number of fused-ring (bicyclic) bond motifs is 1. The third kappa shape index (κ3) is 2.78. The van der Waals surface area contributed by atoms with Gasteiger partial charge < -0.3 is 5.73 Å². The van der Waals surface area contributed by atoms with Crippen LogP contribution in [0.4, 0.5) is 0 Å². The lowest BCUT2D eigenvalue weighted by atomic mass is 9.88. The van der Waals surface area contributed by atoms with Crippen molar-refractivity contribution in [2.24, 2.45) is 5.73 Å². The molecule has 0 saturated carbocycles. The summed E-state index contributed by atoms with van der Waals surface area (Å²) >= 11 is 9.57. The quantitative estimate of drug-likeness (QED) is 0.807. The van der Waals surface area contributed by atoms with Crippen molar-refractivity contribution in [3.63, 3.8) is 0 Å². The molecule has 3 rings (SSSR count). The first-order valence-electron chi connectivity index (χ1n) is 6.97. The number of hydrogen-bond donors (Lipinski definition) is 1. The molecule has 0 aliphatic heterocycles. The fraction of sp³-hybridized carbons (Fsp3) is 0.294. The lowest BCUT2D eigenvalue weighted by molar-refractivity contribution is 0.682. The van der Waals surface area contributed by atoms with Crippen LogP contribution in [-0.2, 0) is 12.8 Å². The van der Waals surface area contributed by atoms with E-state index in [0.29, 0.717) is 5.02 Å². The summed E-state index contributed by atoms with van der Waals surface area (Å²) in [5.74, 6) is 0. The SMILES string of the molecule is NC(c1ccc(Br)c(Cl)c1)c1ccc2c(c1)CCCC2. The maximum atomic E-state index is 6.39. The van der Waals surface area contributed by atoms with Crippen LogP contribution in [0.25, 0.3) is 0 Å². The Kier molecular flexibility index (Phi) is 4.16. The van der Waals surface area contributed by atoms with Gasteiger partial charge in [-0.1, -0.05) is 35.9 Å². The van der Waals surface area contributed by atoms with Gasteiger partial charge in [0.15, 0.2) is 0 Å². The normalized spacial score (nSPS) is 15.8. The molecule has 0 aromatic heterocycles. The van der Waals surface area contributed by atoms with Gasteiger partial charge in [0.05, 0.1) is 11.1 Å². The molecule has 3 heteroatoms.